The first-order valence-corrected chi connectivity index (χ1v) is 8.18. The lowest BCUT2D eigenvalue weighted by Gasteiger charge is -2.43. The van der Waals surface area contributed by atoms with Crippen LogP contribution in [-0.4, -0.2) is 32.9 Å². The van der Waals surface area contributed by atoms with Crippen LogP contribution in [0.15, 0.2) is 23.1 Å². The minimum atomic E-state index is -1.11. The molecule has 3 rings (SSSR count). The first-order chi connectivity index (χ1) is 11.3. The highest BCUT2D eigenvalue weighted by Gasteiger charge is 2.46. The van der Waals surface area contributed by atoms with Gasteiger partial charge in [-0.2, -0.15) is 0 Å². The Bertz CT molecular complexity index is 869. The summed E-state index contributed by atoms with van der Waals surface area (Å²) in [5, 5.41) is 13.3. The second-order valence-corrected chi connectivity index (χ2v) is 6.72. The van der Waals surface area contributed by atoms with Gasteiger partial charge >= 0.3 is 0 Å². The van der Waals surface area contributed by atoms with Crippen molar-refractivity contribution in [1.82, 2.24) is 9.78 Å². The van der Waals surface area contributed by atoms with Crippen molar-refractivity contribution in [2.24, 2.45) is 0 Å². The molecule has 8 heteroatoms. The van der Waals surface area contributed by atoms with E-state index in [-0.39, 0.29) is 22.8 Å². The van der Waals surface area contributed by atoms with Crippen molar-refractivity contribution < 1.29 is 14.6 Å². The van der Waals surface area contributed by atoms with Gasteiger partial charge in [0, 0.05) is 28.9 Å². The highest BCUT2D eigenvalue weighted by Crippen LogP contribution is 2.45. The van der Waals surface area contributed by atoms with E-state index < -0.39 is 23.0 Å². The number of ketones is 1. The van der Waals surface area contributed by atoms with E-state index in [1.165, 1.54) is 23.0 Å². The highest BCUT2D eigenvalue weighted by atomic mass is 35.5. The number of hydrogen-bond acceptors (Lipinski definition) is 4. The zero-order valence-electron chi connectivity index (χ0n) is 13.1. The van der Waals surface area contributed by atoms with E-state index in [0.717, 1.165) is 0 Å². The van der Waals surface area contributed by atoms with Gasteiger partial charge in [0.2, 0.25) is 5.78 Å². The minimum Gasteiger partial charge on any atom is -0.385 e. The van der Waals surface area contributed by atoms with Crippen molar-refractivity contribution >= 4 is 29.0 Å². The van der Waals surface area contributed by atoms with Gasteiger partial charge in [-0.3, -0.25) is 14.3 Å². The molecule has 1 aliphatic heterocycles. The highest BCUT2D eigenvalue weighted by molar-refractivity contribution is 6.39. The summed E-state index contributed by atoms with van der Waals surface area (Å²) >= 11 is 12.6. The summed E-state index contributed by atoms with van der Waals surface area (Å²) in [6.07, 6.45) is 0.637. The Balaban J connectivity index is 2.08. The van der Waals surface area contributed by atoms with Gasteiger partial charge in [0.1, 0.15) is 17.3 Å². The Morgan fingerprint density at radius 3 is 2.67 bits per heavy atom. The normalized spacial score (nSPS) is 23.1. The minimum absolute atomic E-state index is 0.00619. The number of hydrogen-bond donors (Lipinski definition) is 2. The number of nitrogens with zero attached hydrogens (tertiary/aromatic N) is 1. The third-order valence-corrected chi connectivity index (χ3v) is 4.88. The number of nitrogens with one attached hydrogen (secondary N) is 1. The molecule has 0 aliphatic carbocycles. The molecule has 1 aromatic heterocycles. The zero-order valence-corrected chi connectivity index (χ0v) is 14.6. The van der Waals surface area contributed by atoms with Crippen LogP contribution in [0.4, 0.5) is 0 Å². The number of halogens is 2. The average molecular weight is 371 g/mol. The van der Waals surface area contributed by atoms with E-state index >= 15 is 0 Å². The van der Waals surface area contributed by atoms with Crippen LogP contribution in [0.1, 0.15) is 41.4 Å². The van der Waals surface area contributed by atoms with Gasteiger partial charge < -0.3 is 14.9 Å². The number of aliphatic hydroxyl groups is 1. The topological polar surface area (TPSA) is 84.3 Å². The van der Waals surface area contributed by atoms with Crippen LogP contribution in [0.2, 0.25) is 10.0 Å². The monoisotopic (exact) mass is 370 g/mol. The molecule has 1 aromatic carbocycles. The lowest BCUT2D eigenvalue weighted by atomic mass is 9.87. The standard InChI is InChI=1S/C16H16Cl2N2O4/c1-3-20-15(22)9(6-19-20)13(21)8-4-5-10(17)11(12(8)18)14-16(2,23)7-24-14/h4-6,14,19,23H,3,7H2,1-2H3. The number of aromatic nitrogens is 2. The maximum Gasteiger partial charge on any atom is 0.277 e. The summed E-state index contributed by atoms with van der Waals surface area (Å²) in [6.45, 7) is 3.97. The third-order valence-electron chi connectivity index (χ3n) is 4.14. The number of ether oxygens (including phenoxy) is 1. The maximum atomic E-state index is 12.7. The van der Waals surface area contributed by atoms with Crippen LogP contribution < -0.4 is 5.56 Å². The van der Waals surface area contributed by atoms with E-state index in [1.54, 1.807) is 13.8 Å². The summed E-state index contributed by atoms with van der Waals surface area (Å²) in [5.41, 5.74) is -1.04. The molecular weight excluding hydrogens is 355 g/mol. The average Bonchev–Trinajstić information content (AvgIpc) is 2.90. The number of rotatable bonds is 4. The molecule has 2 atom stereocenters. The molecule has 2 heterocycles. The molecule has 2 N–H and O–H groups in total. The summed E-state index contributed by atoms with van der Waals surface area (Å²) in [5.74, 6) is -0.509. The van der Waals surface area contributed by atoms with E-state index in [4.69, 9.17) is 27.9 Å². The van der Waals surface area contributed by atoms with E-state index in [0.29, 0.717) is 17.1 Å². The quantitative estimate of drug-likeness (QED) is 0.809. The Hall–Kier alpha value is -1.60. The number of carbonyl (C=O) groups is 1. The van der Waals surface area contributed by atoms with Crippen LogP contribution >= 0.6 is 23.2 Å². The molecule has 2 aromatic rings. The second kappa shape index (κ2) is 6.04. The second-order valence-electron chi connectivity index (χ2n) is 5.94. The van der Waals surface area contributed by atoms with Crippen LogP contribution in [0.5, 0.6) is 0 Å². The van der Waals surface area contributed by atoms with Gasteiger partial charge in [-0.1, -0.05) is 23.2 Å². The van der Waals surface area contributed by atoms with Gasteiger partial charge in [0.25, 0.3) is 5.56 Å². The van der Waals surface area contributed by atoms with Crippen molar-refractivity contribution in [3.63, 3.8) is 0 Å². The first-order valence-electron chi connectivity index (χ1n) is 7.42. The van der Waals surface area contributed by atoms with Gasteiger partial charge in [0.15, 0.2) is 0 Å². The van der Waals surface area contributed by atoms with E-state index in [9.17, 15) is 14.7 Å². The molecule has 1 aliphatic rings. The number of aromatic amines is 1. The smallest absolute Gasteiger partial charge is 0.277 e. The molecule has 0 bridgehead atoms. The summed E-state index contributed by atoms with van der Waals surface area (Å²) in [7, 11) is 0. The molecule has 128 valence electrons. The predicted molar refractivity (Wildman–Crippen MR) is 89.9 cm³/mol. The Morgan fingerprint density at radius 1 is 1.46 bits per heavy atom. The van der Waals surface area contributed by atoms with Crippen molar-refractivity contribution in [3.8, 4) is 0 Å². The van der Waals surface area contributed by atoms with Crippen molar-refractivity contribution in [2.75, 3.05) is 6.61 Å². The summed E-state index contributed by atoms with van der Waals surface area (Å²) in [4.78, 5) is 24.9. The van der Waals surface area contributed by atoms with E-state index in [1.807, 2.05) is 0 Å². The van der Waals surface area contributed by atoms with Crippen LogP contribution in [0.25, 0.3) is 0 Å². The molecule has 2 unspecified atom stereocenters. The van der Waals surface area contributed by atoms with Crippen LogP contribution in [0.3, 0.4) is 0 Å². The van der Waals surface area contributed by atoms with Gasteiger partial charge in [-0.25, -0.2) is 0 Å². The number of H-pyrrole nitrogens is 1. The number of aryl methyl sites for hydroxylation is 1. The molecule has 6 nitrogen and oxygen atoms in total. The van der Waals surface area contributed by atoms with Crippen LogP contribution in [-0.2, 0) is 11.3 Å². The van der Waals surface area contributed by atoms with Crippen molar-refractivity contribution in [1.29, 1.82) is 0 Å². The fourth-order valence-electron chi connectivity index (χ4n) is 2.74. The van der Waals surface area contributed by atoms with Gasteiger partial charge in [-0.15, -0.1) is 0 Å². The lowest BCUT2D eigenvalue weighted by molar-refractivity contribution is -0.231. The molecule has 0 amide bonds. The Kier molecular flexibility index (Phi) is 4.34. The fourth-order valence-corrected chi connectivity index (χ4v) is 3.39. The van der Waals surface area contributed by atoms with Gasteiger partial charge in [0.05, 0.1) is 11.6 Å². The SMILES string of the molecule is CCn1[nH]cc(C(=O)c2ccc(Cl)c(C3OCC3(C)O)c2Cl)c1=O. The Labute approximate surface area is 147 Å². The first kappa shape index (κ1) is 17.2. The van der Waals surface area contributed by atoms with Crippen LogP contribution in [0, 0.1) is 0 Å². The Morgan fingerprint density at radius 2 is 2.17 bits per heavy atom. The molecule has 0 saturated carbocycles. The largest absolute Gasteiger partial charge is 0.385 e. The molecule has 24 heavy (non-hydrogen) atoms. The molecule has 1 fully saturated rings. The zero-order chi connectivity index (χ0) is 17.6. The third kappa shape index (κ3) is 2.59. The molecule has 1 saturated heterocycles. The van der Waals surface area contributed by atoms with Crippen molar-refractivity contribution in [3.05, 3.63) is 55.4 Å². The van der Waals surface area contributed by atoms with Gasteiger partial charge in [-0.05, 0) is 26.0 Å². The molecule has 0 radical (unpaired) electrons. The maximum absolute atomic E-state index is 12.7. The lowest BCUT2D eigenvalue weighted by Crippen LogP contribution is -2.49. The summed E-state index contributed by atoms with van der Waals surface area (Å²) < 4.78 is 6.69. The van der Waals surface area contributed by atoms with Crippen molar-refractivity contribution in [2.45, 2.75) is 32.1 Å². The molecular formula is C16H16Cl2N2O4. The van der Waals surface area contributed by atoms with E-state index in [2.05, 4.69) is 5.10 Å². The fraction of sp³-hybridized carbons (Fsp3) is 0.375. The number of benzene rings is 1. The predicted octanol–water partition coefficient (Wildman–Crippen LogP) is 2.56. The number of carbonyl (C=O) groups excluding carboxylic acids is 1. The molecule has 0 spiro atoms. The summed E-state index contributed by atoms with van der Waals surface area (Å²) in [6, 6.07) is 2.98.